The number of anilines is 1. The van der Waals surface area contributed by atoms with Gasteiger partial charge in [0, 0.05) is 18.3 Å². The predicted molar refractivity (Wildman–Crippen MR) is 49.9 cm³/mol. The molecule has 0 unspecified atom stereocenters. The van der Waals surface area contributed by atoms with Gasteiger partial charge in [-0.15, -0.1) is 0 Å². The van der Waals surface area contributed by atoms with E-state index < -0.39 is 11.6 Å². The van der Waals surface area contributed by atoms with Crippen LogP contribution >= 0.6 is 0 Å². The topological polar surface area (TPSA) is 12.0 Å². The largest absolute Gasteiger partial charge is 0.384 e. The number of rotatable bonds is 0. The van der Waals surface area contributed by atoms with E-state index in [2.05, 4.69) is 5.32 Å². The number of nitrogens with one attached hydrogen (secondary N) is 1. The van der Waals surface area contributed by atoms with Crippen LogP contribution in [0.1, 0.15) is 19.4 Å². The maximum atomic E-state index is 12.6. The lowest BCUT2D eigenvalue weighted by Gasteiger charge is -1.99. The second-order valence-corrected chi connectivity index (χ2v) is 2.60. The smallest absolute Gasteiger partial charge is 0.160 e. The molecule has 0 amide bonds. The van der Waals surface area contributed by atoms with E-state index in [9.17, 15) is 8.78 Å². The Kier molecular flexibility index (Phi) is 3.23. The summed E-state index contributed by atoms with van der Waals surface area (Å²) in [6.45, 7) is 4.78. The van der Waals surface area contributed by atoms with Crippen LogP contribution in [0, 0.1) is 11.6 Å². The lowest BCUT2D eigenvalue weighted by atomic mass is 10.1. The Bertz CT molecular complexity index is 268. The normalized spacial score (nSPS) is 12.6. The fraction of sp³-hybridized carbons (Fsp3) is 0.400. The number of hydrogen-bond acceptors (Lipinski definition) is 1. The third-order valence-electron chi connectivity index (χ3n) is 1.86. The molecule has 1 aliphatic heterocycles. The minimum Gasteiger partial charge on any atom is -0.384 e. The van der Waals surface area contributed by atoms with Gasteiger partial charge in [-0.05, 0) is 18.1 Å². The molecule has 1 nitrogen and oxygen atoms in total. The Morgan fingerprint density at radius 3 is 2.46 bits per heavy atom. The molecule has 0 fully saturated rings. The molecule has 1 aliphatic rings. The summed E-state index contributed by atoms with van der Waals surface area (Å²) >= 11 is 0. The molecule has 0 radical (unpaired) electrons. The summed E-state index contributed by atoms with van der Waals surface area (Å²) < 4.78 is 25.1. The summed E-state index contributed by atoms with van der Waals surface area (Å²) in [5.41, 5.74) is 1.59. The van der Waals surface area contributed by atoms with Crippen LogP contribution in [0.4, 0.5) is 14.5 Å². The highest BCUT2D eigenvalue weighted by Gasteiger charge is 2.13. The van der Waals surface area contributed by atoms with Crippen molar-refractivity contribution in [3.05, 3.63) is 29.3 Å². The van der Waals surface area contributed by atoms with Crippen molar-refractivity contribution in [3.8, 4) is 0 Å². The molecule has 1 aromatic carbocycles. The first-order chi connectivity index (χ1) is 6.27. The van der Waals surface area contributed by atoms with Crippen molar-refractivity contribution in [1.82, 2.24) is 0 Å². The van der Waals surface area contributed by atoms with E-state index in [1.165, 1.54) is 12.1 Å². The van der Waals surface area contributed by atoms with Gasteiger partial charge < -0.3 is 5.32 Å². The maximum absolute atomic E-state index is 12.6. The number of halogens is 2. The molecular weight excluding hydrogens is 172 g/mol. The molecule has 2 rings (SSSR count). The second-order valence-electron chi connectivity index (χ2n) is 2.60. The SMILES string of the molecule is CC.Fc1cc2c(cc1F)NCC2. The Balaban J connectivity index is 0.000000396. The van der Waals surface area contributed by atoms with Crippen molar-refractivity contribution in [2.75, 3.05) is 11.9 Å². The molecule has 0 saturated carbocycles. The van der Waals surface area contributed by atoms with Gasteiger partial charge in [-0.2, -0.15) is 0 Å². The molecule has 0 bridgehead atoms. The fourth-order valence-corrected chi connectivity index (χ4v) is 1.29. The predicted octanol–water partition coefficient (Wildman–Crippen LogP) is 2.96. The highest BCUT2D eigenvalue weighted by atomic mass is 19.2. The van der Waals surface area contributed by atoms with Gasteiger partial charge in [-0.25, -0.2) is 8.78 Å². The van der Waals surface area contributed by atoms with Gasteiger partial charge in [0.15, 0.2) is 11.6 Å². The van der Waals surface area contributed by atoms with Crippen LogP contribution in [0.15, 0.2) is 12.1 Å². The Morgan fingerprint density at radius 2 is 1.77 bits per heavy atom. The first kappa shape index (κ1) is 9.96. The van der Waals surface area contributed by atoms with Crippen LogP contribution in [-0.2, 0) is 6.42 Å². The monoisotopic (exact) mass is 185 g/mol. The summed E-state index contributed by atoms with van der Waals surface area (Å²) in [7, 11) is 0. The van der Waals surface area contributed by atoms with E-state index in [1.807, 2.05) is 13.8 Å². The van der Waals surface area contributed by atoms with E-state index in [0.717, 1.165) is 24.2 Å². The van der Waals surface area contributed by atoms with Crippen molar-refractivity contribution in [3.63, 3.8) is 0 Å². The molecular formula is C10H13F2N. The summed E-state index contributed by atoms with van der Waals surface area (Å²) in [5.74, 6) is -1.54. The zero-order valence-corrected chi connectivity index (χ0v) is 7.82. The number of fused-ring (bicyclic) bond motifs is 1. The average molecular weight is 185 g/mol. The van der Waals surface area contributed by atoms with Gasteiger partial charge in [0.1, 0.15) is 0 Å². The van der Waals surface area contributed by atoms with Crippen LogP contribution in [0.2, 0.25) is 0 Å². The van der Waals surface area contributed by atoms with Gasteiger partial charge in [0.05, 0.1) is 0 Å². The molecule has 0 saturated heterocycles. The van der Waals surface area contributed by atoms with Crippen LogP contribution < -0.4 is 5.32 Å². The van der Waals surface area contributed by atoms with Crippen LogP contribution in [0.3, 0.4) is 0 Å². The molecule has 72 valence electrons. The quantitative estimate of drug-likeness (QED) is 0.655. The van der Waals surface area contributed by atoms with E-state index in [1.54, 1.807) is 0 Å². The van der Waals surface area contributed by atoms with E-state index >= 15 is 0 Å². The second kappa shape index (κ2) is 4.21. The van der Waals surface area contributed by atoms with Crippen molar-refractivity contribution in [1.29, 1.82) is 0 Å². The zero-order valence-electron chi connectivity index (χ0n) is 7.82. The molecule has 0 spiro atoms. The van der Waals surface area contributed by atoms with Crippen molar-refractivity contribution in [2.24, 2.45) is 0 Å². The summed E-state index contributed by atoms with van der Waals surface area (Å²) in [4.78, 5) is 0. The molecule has 1 N–H and O–H groups in total. The van der Waals surface area contributed by atoms with Crippen LogP contribution in [0.5, 0.6) is 0 Å². The lowest BCUT2D eigenvalue weighted by Crippen LogP contribution is -1.91. The minimum atomic E-state index is -0.779. The molecule has 0 atom stereocenters. The highest BCUT2D eigenvalue weighted by Crippen LogP contribution is 2.24. The van der Waals surface area contributed by atoms with Gasteiger partial charge >= 0.3 is 0 Å². The third kappa shape index (κ3) is 1.97. The van der Waals surface area contributed by atoms with Crippen molar-refractivity contribution >= 4 is 5.69 Å². The van der Waals surface area contributed by atoms with Gasteiger partial charge in [0.25, 0.3) is 0 Å². The molecule has 3 heteroatoms. The third-order valence-corrected chi connectivity index (χ3v) is 1.86. The molecule has 1 aromatic rings. The summed E-state index contributed by atoms with van der Waals surface area (Å²) in [5, 5.41) is 2.96. The van der Waals surface area contributed by atoms with Crippen LogP contribution in [0.25, 0.3) is 0 Å². The first-order valence-electron chi connectivity index (χ1n) is 4.49. The average Bonchev–Trinajstić information content (AvgIpc) is 2.56. The lowest BCUT2D eigenvalue weighted by molar-refractivity contribution is 0.508. The minimum absolute atomic E-state index is 0.726. The van der Waals surface area contributed by atoms with Crippen LogP contribution in [-0.4, -0.2) is 6.54 Å². The van der Waals surface area contributed by atoms with Gasteiger partial charge in [-0.1, -0.05) is 13.8 Å². The van der Waals surface area contributed by atoms with Crippen molar-refractivity contribution < 1.29 is 8.78 Å². The Hall–Kier alpha value is -1.12. The maximum Gasteiger partial charge on any atom is 0.160 e. The Morgan fingerprint density at radius 1 is 1.15 bits per heavy atom. The summed E-state index contributed by atoms with van der Waals surface area (Å²) in [6.07, 6.45) is 0.784. The number of benzene rings is 1. The molecule has 13 heavy (non-hydrogen) atoms. The highest BCUT2D eigenvalue weighted by molar-refractivity contribution is 5.55. The fourth-order valence-electron chi connectivity index (χ4n) is 1.29. The van der Waals surface area contributed by atoms with Crippen molar-refractivity contribution in [2.45, 2.75) is 20.3 Å². The molecule has 0 aliphatic carbocycles. The Labute approximate surface area is 76.8 Å². The molecule has 1 heterocycles. The number of hydrogen-bond donors (Lipinski definition) is 1. The van der Waals surface area contributed by atoms with Gasteiger partial charge in [0.2, 0.25) is 0 Å². The van der Waals surface area contributed by atoms with E-state index in [4.69, 9.17) is 0 Å². The van der Waals surface area contributed by atoms with E-state index in [0.29, 0.717) is 0 Å². The van der Waals surface area contributed by atoms with Gasteiger partial charge in [-0.3, -0.25) is 0 Å². The zero-order chi connectivity index (χ0) is 9.84. The van der Waals surface area contributed by atoms with E-state index in [-0.39, 0.29) is 0 Å². The first-order valence-corrected chi connectivity index (χ1v) is 4.49. The summed E-state index contributed by atoms with van der Waals surface area (Å²) in [6, 6.07) is 2.46. The molecule has 0 aromatic heterocycles. The standard InChI is InChI=1S/C8H7F2N.C2H6/c9-6-3-5-1-2-11-8(5)4-7(6)10;1-2/h3-4,11H,1-2H2;1-2H3.